The third-order valence-corrected chi connectivity index (χ3v) is 4.52. The summed E-state index contributed by atoms with van der Waals surface area (Å²) in [6.45, 7) is 3.15. The van der Waals surface area contributed by atoms with Crippen molar-refractivity contribution in [3.8, 4) is 0 Å². The van der Waals surface area contributed by atoms with Crippen LogP contribution in [0.4, 0.5) is 0 Å². The van der Waals surface area contributed by atoms with Crippen molar-refractivity contribution in [3.05, 3.63) is 0 Å². The summed E-state index contributed by atoms with van der Waals surface area (Å²) in [5, 5.41) is 7.44. The lowest BCUT2D eigenvalue weighted by atomic mass is 9.88. The largest absolute Gasteiger partial charge is 0.386 e. The van der Waals surface area contributed by atoms with Crippen LogP contribution in [0.3, 0.4) is 0 Å². The molecule has 86 valence electrons. The quantitative estimate of drug-likeness (QED) is 0.547. The highest BCUT2D eigenvalue weighted by Crippen LogP contribution is 2.48. The van der Waals surface area contributed by atoms with E-state index in [1.54, 1.807) is 0 Å². The van der Waals surface area contributed by atoms with Gasteiger partial charge in [-0.3, -0.25) is 10.3 Å². The predicted octanol–water partition coefficient (Wildman–Crippen LogP) is 1.68. The fraction of sp³-hybridized carbons (Fsp3) is 0.917. The number of amidine groups is 1. The fourth-order valence-electron chi connectivity index (χ4n) is 3.37. The van der Waals surface area contributed by atoms with Crippen molar-refractivity contribution < 1.29 is 0 Å². The highest BCUT2D eigenvalue weighted by Gasteiger charge is 2.39. The molecule has 0 amide bonds. The van der Waals surface area contributed by atoms with Crippen molar-refractivity contribution in [2.75, 3.05) is 13.6 Å². The molecule has 15 heavy (non-hydrogen) atoms. The van der Waals surface area contributed by atoms with E-state index in [-0.39, 0.29) is 6.04 Å². The molecule has 0 saturated heterocycles. The third-order valence-electron chi connectivity index (χ3n) is 4.52. The van der Waals surface area contributed by atoms with E-state index in [1.807, 2.05) is 6.92 Å². The molecule has 0 aromatic heterocycles. The zero-order chi connectivity index (χ0) is 11.0. The second kappa shape index (κ2) is 4.12. The molecule has 2 aliphatic rings. The Hall–Kier alpha value is -0.570. The molecule has 0 heterocycles. The van der Waals surface area contributed by atoms with Crippen molar-refractivity contribution in [2.24, 2.45) is 23.5 Å². The maximum Gasteiger partial charge on any atom is 0.108 e. The van der Waals surface area contributed by atoms with Crippen LogP contribution in [0.15, 0.2) is 0 Å². The van der Waals surface area contributed by atoms with E-state index in [4.69, 9.17) is 11.1 Å². The summed E-state index contributed by atoms with van der Waals surface area (Å²) >= 11 is 0. The minimum absolute atomic E-state index is 0.101. The Bertz CT molecular complexity index is 251. The first kappa shape index (κ1) is 10.9. The van der Waals surface area contributed by atoms with Crippen LogP contribution in [0.2, 0.25) is 0 Å². The van der Waals surface area contributed by atoms with E-state index < -0.39 is 0 Å². The Morgan fingerprint density at radius 2 is 2.20 bits per heavy atom. The smallest absolute Gasteiger partial charge is 0.108 e. The summed E-state index contributed by atoms with van der Waals surface area (Å²) in [6, 6.07) is 0.101. The van der Waals surface area contributed by atoms with Crippen molar-refractivity contribution in [3.63, 3.8) is 0 Å². The fourth-order valence-corrected chi connectivity index (χ4v) is 3.37. The Morgan fingerprint density at radius 1 is 1.47 bits per heavy atom. The van der Waals surface area contributed by atoms with E-state index in [1.165, 1.54) is 25.7 Å². The average molecular weight is 209 g/mol. The van der Waals surface area contributed by atoms with Gasteiger partial charge in [-0.1, -0.05) is 6.42 Å². The van der Waals surface area contributed by atoms with Gasteiger partial charge in [0.05, 0.1) is 6.04 Å². The zero-order valence-electron chi connectivity index (χ0n) is 9.87. The number of rotatable bonds is 4. The molecule has 0 spiro atoms. The first-order valence-corrected chi connectivity index (χ1v) is 6.12. The minimum Gasteiger partial charge on any atom is -0.386 e. The molecule has 4 unspecified atom stereocenters. The van der Waals surface area contributed by atoms with Crippen LogP contribution in [0.5, 0.6) is 0 Å². The van der Waals surface area contributed by atoms with Gasteiger partial charge in [0.25, 0.3) is 0 Å². The second-order valence-electron chi connectivity index (χ2n) is 5.51. The Kier molecular flexibility index (Phi) is 3.01. The molecule has 2 saturated carbocycles. The van der Waals surface area contributed by atoms with Gasteiger partial charge in [0.1, 0.15) is 5.84 Å². The van der Waals surface area contributed by atoms with Crippen molar-refractivity contribution >= 4 is 5.84 Å². The van der Waals surface area contributed by atoms with Crippen LogP contribution in [0.25, 0.3) is 0 Å². The van der Waals surface area contributed by atoms with Crippen molar-refractivity contribution in [2.45, 2.75) is 38.6 Å². The van der Waals surface area contributed by atoms with E-state index in [0.717, 1.165) is 24.3 Å². The van der Waals surface area contributed by atoms with Gasteiger partial charge in [0, 0.05) is 6.54 Å². The zero-order valence-corrected chi connectivity index (χ0v) is 9.87. The maximum atomic E-state index is 7.44. The predicted molar refractivity (Wildman–Crippen MR) is 62.9 cm³/mol. The van der Waals surface area contributed by atoms with Gasteiger partial charge in [-0.2, -0.15) is 0 Å². The van der Waals surface area contributed by atoms with Gasteiger partial charge in [-0.25, -0.2) is 0 Å². The highest BCUT2D eigenvalue weighted by molar-refractivity contribution is 5.82. The van der Waals surface area contributed by atoms with Crippen molar-refractivity contribution in [1.82, 2.24) is 4.90 Å². The summed E-state index contributed by atoms with van der Waals surface area (Å²) in [5.74, 6) is 3.15. The topological polar surface area (TPSA) is 53.1 Å². The Labute approximate surface area is 92.5 Å². The highest BCUT2D eigenvalue weighted by atomic mass is 15.1. The number of nitrogens with zero attached hydrogens (tertiary/aromatic N) is 1. The van der Waals surface area contributed by atoms with E-state index in [0.29, 0.717) is 5.84 Å². The van der Waals surface area contributed by atoms with Crippen LogP contribution in [-0.4, -0.2) is 30.4 Å². The average Bonchev–Trinajstić information content (AvgIpc) is 2.77. The lowest BCUT2D eigenvalue weighted by Gasteiger charge is -2.30. The molecule has 2 aliphatic carbocycles. The molecule has 0 aliphatic heterocycles. The molecule has 3 heteroatoms. The van der Waals surface area contributed by atoms with Crippen LogP contribution < -0.4 is 5.73 Å². The van der Waals surface area contributed by atoms with Gasteiger partial charge in [-0.05, 0) is 51.0 Å². The number of nitrogens with two attached hydrogens (primary N) is 1. The maximum absolute atomic E-state index is 7.44. The SMILES string of the molecule is CC(C(=N)N)N(C)CC1CC2CCC1C2. The molecule has 2 rings (SSSR count). The minimum atomic E-state index is 0.101. The van der Waals surface area contributed by atoms with E-state index in [9.17, 15) is 0 Å². The molecule has 3 N–H and O–H groups in total. The van der Waals surface area contributed by atoms with Crippen LogP contribution in [0.1, 0.15) is 32.6 Å². The van der Waals surface area contributed by atoms with Gasteiger partial charge >= 0.3 is 0 Å². The number of nitrogens with one attached hydrogen (secondary N) is 1. The number of hydrogen-bond acceptors (Lipinski definition) is 2. The summed E-state index contributed by atoms with van der Waals surface area (Å²) in [5.41, 5.74) is 5.53. The Morgan fingerprint density at radius 3 is 2.67 bits per heavy atom. The second-order valence-corrected chi connectivity index (χ2v) is 5.51. The number of hydrogen-bond donors (Lipinski definition) is 2. The summed E-state index contributed by atoms with van der Waals surface area (Å²) in [6.07, 6.45) is 5.79. The van der Waals surface area contributed by atoms with Crippen LogP contribution >= 0.6 is 0 Å². The molecule has 2 fully saturated rings. The molecular formula is C12H23N3. The summed E-state index contributed by atoms with van der Waals surface area (Å²) in [4.78, 5) is 2.24. The van der Waals surface area contributed by atoms with Crippen LogP contribution in [-0.2, 0) is 0 Å². The molecule has 3 nitrogen and oxygen atoms in total. The molecule has 0 aromatic carbocycles. The van der Waals surface area contributed by atoms with E-state index in [2.05, 4.69) is 11.9 Å². The lowest BCUT2D eigenvalue weighted by molar-refractivity contribution is 0.207. The van der Waals surface area contributed by atoms with Gasteiger partial charge in [0.15, 0.2) is 0 Å². The van der Waals surface area contributed by atoms with Gasteiger partial charge in [-0.15, -0.1) is 0 Å². The van der Waals surface area contributed by atoms with Gasteiger partial charge in [0.2, 0.25) is 0 Å². The molecular weight excluding hydrogens is 186 g/mol. The third kappa shape index (κ3) is 2.17. The van der Waals surface area contributed by atoms with E-state index >= 15 is 0 Å². The first-order valence-electron chi connectivity index (χ1n) is 6.12. The summed E-state index contributed by atoms with van der Waals surface area (Å²) in [7, 11) is 2.10. The first-order chi connectivity index (χ1) is 7.08. The number of likely N-dealkylation sites (N-methyl/N-ethyl adjacent to an activating group) is 1. The van der Waals surface area contributed by atoms with Gasteiger partial charge < -0.3 is 5.73 Å². The molecule has 4 atom stereocenters. The van der Waals surface area contributed by atoms with Crippen LogP contribution in [0, 0.1) is 23.2 Å². The number of fused-ring (bicyclic) bond motifs is 2. The lowest BCUT2D eigenvalue weighted by Crippen LogP contribution is -2.42. The monoisotopic (exact) mass is 209 g/mol. The summed E-state index contributed by atoms with van der Waals surface area (Å²) < 4.78 is 0. The standard InChI is InChI=1S/C12H23N3/c1-8(12(13)14)15(2)7-11-6-9-3-4-10(11)5-9/h8-11H,3-7H2,1-2H3,(H3,13,14). The molecule has 0 radical (unpaired) electrons. The normalized spacial score (nSPS) is 36.1. The molecule has 2 bridgehead atoms. The molecule has 0 aromatic rings. The Balaban J connectivity index is 1.84. The van der Waals surface area contributed by atoms with Crippen molar-refractivity contribution in [1.29, 1.82) is 5.41 Å².